The Morgan fingerprint density at radius 3 is 2.21 bits per heavy atom. The zero-order valence-corrected chi connectivity index (χ0v) is 15.4. The average molecular weight is 390 g/mol. The minimum absolute atomic E-state index is 0.203. The fourth-order valence-corrected chi connectivity index (χ4v) is 4.28. The molecule has 0 amide bonds. The summed E-state index contributed by atoms with van der Waals surface area (Å²) in [6.07, 6.45) is 4.96. The molecule has 3 aromatic rings. The molecule has 0 aliphatic heterocycles. The summed E-state index contributed by atoms with van der Waals surface area (Å²) in [6.45, 7) is 2.14. The minimum atomic E-state index is -1.67. The third-order valence-electron chi connectivity index (χ3n) is 5.65. The van der Waals surface area contributed by atoms with Crippen molar-refractivity contribution in [3.05, 3.63) is 70.5 Å². The van der Waals surface area contributed by atoms with Crippen molar-refractivity contribution in [2.75, 3.05) is 0 Å². The van der Waals surface area contributed by atoms with Gasteiger partial charge >= 0.3 is 0 Å². The molecule has 28 heavy (non-hydrogen) atoms. The van der Waals surface area contributed by atoms with Crippen LogP contribution in [0.15, 0.2) is 30.3 Å². The lowest BCUT2D eigenvalue weighted by Gasteiger charge is -2.25. The van der Waals surface area contributed by atoms with Crippen molar-refractivity contribution < 1.29 is 22.0 Å². The highest BCUT2D eigenvalue weighted by Gasteiger charge is 2.23. The van der Waals surface area contributed by atoms with E-state index in [2.05, 4.69) is 6.92 Å². The molecule has 0 N–H and O–H groups in total. The second-order valence-corrected chi connectivity index (χ2v) is 7.54. The van der Waals surface area contributed by atoms with E-state index in [0.717, 1.165) is 43.2 Å². The third kappa shape index (κ3) is 3.17. The van der Waals surface area contributed by atoms with Crippen LogP contribution < -0.4 is 0 Å². The number of rotatable bonds is 3. The van der Waals surface area contributed by atoms with Gasteiger partial charge in [-0.3, -0.25) is 0 Å². The smallest absolute Gasteiger partial charge is 0.194 e. The van der Waals surface area contributed by atoms with Crippen molar-refractivity contribution in [2.24, 2.45) is 5.92 Å². The molecular weight excluding hydrogens is 371 g/mol. The molecule has 0 spiro atoms. The molecule has 1 aliphatic carbocycles. The van der Waals surface area contributed by atoms with Gasteiger partial charge in [0.2, 0.25) is 0 Å². The first-order valence-corrected chi connectivity index (χ1v) is 9.47. The van der Waals surface area contributed by atoms with Crippen molar-refractivity contribution >= 4 is 10.8 Å². The van der Waals surface area contributed by atoms with E-state index in [-0.39, 0.29) is 10.9 Å². The SMILES string of the molecule is CCCC1CCc2cc3c(F)c(-c4cc(F)c(F)c(F)c4)c(F)cc3cc2C1. The molecule has 0 bridgehead atoms. The summed E-state index contributed by atoms with van der Waals surface area (Å²) in [7, 11) is 0. The van der Waals surface area contributed by atoms with Gasteiger partial charge in [0.05, 0.1) is 5.56 Å². The quantitative estimate of drug-likeness (QED) is 0.330. The van der Waals surface area contributed by atoms with Crippen LogP contribution in [-0.2, 0) is 12.8 Å². The molecule has 1 atom stereocenters. The second-order valence-electron chi connectivity index (χ2n) is 7.54. The highest BCUT2D eigenvalue weighted by Crippen LogP contribution is 2.37. The molecule has 0 fully saturated rings. The van der Waals surface area contributed by atoms with Gasteiger partial charge in [-0.05, 0) is 71.5 Å². The monoisotopic (exact) mass is 390 g/mol. The van der Waals surface area contributed by atoms with Crippen molar-refractivity contribution in [1.82, 2.24) is 0 Å². The molecule has 4 rings (SSSR count). The molecule has 3 aromatic carbocycles. The van der Waals surface area contributed by atoms with Gasteiger partial charge < -0.3 is 0 Å². The van der Waals surface area contributed by atoms with Gasteiger partial charge in [0.25, 0.3) is 0 Å². The van der Waals surface area contributed by atoms with Gasteiger partial charge in [0, 0.05) is 5.39 Å². The van der Waals surface area contributed by atoms with E-state index in [1.54, 1.807) is 6.07 Å². The maximum atomic E-state index is 15.2. The summed E-state index contributed by atoms with van der Waals surface area (Å²) >= 11 is 0. The zero-order valence-electron chi connectivity index (χ0n) is 15.4. The van der Waals surface area contributed by atoms with Crippen LogP contribution in [0.5, 0.6) is 0 Å². The van der Waals surface area contributed by atoms with E-state index in [4.69, 9.17) is 0 Å². The Kier molecular flexibility index (Phi) is 4.86. The first-order valence-electron chi connectivity index (χ1n) is 9.47. The van der Waals surface area contributed by atoms with Crippen molar-refractivity contribution in [3.63, 3.8) is 0 Å². The molecule has 0 nitrogen and oxygen atoms in total. The summed E-state index contributed by atoms with van der Waals surface area (Å²) < 4.78 is 70.2. The Balaban J connectivity index is 1.86. The summed E-state index contributed by atoms with van der Waals surface area (Å²) in [5.74, 6) is -5.88. The fraction of sp³-hybridized carbons (Fsp3) is 0.304. The van der Waals surface area contributed by atoms with Gasteiger partial charge in [0.15, 0.2) is 17.5 Å². The number of benzene rings is 3. The third-order valence-corrected chi connectivity index (χ3v) is 5.65. The Labute approximate surface area is 160 Å². The van der Waals surface area contributed by atoms with Crippen LogP contribution in [0, 0.1) is 35.0 Å². The molecule has 0 heterocycles. The predicted molar refractivity (Wildman–Crippen MR) is 99.6 cm³/mol. The maximum Gasteiger partial charge on any atom is 0.194 e. The number of aryl methyl sites for hydroxylation is 1. The fourth-order valence-electron chi connectivity index (χ4n) is 4.28. The topological polar surface area (TPSA) is 0 Å². The average Bonchev–Trinajstić information content (AvgIpc) is 2.65. The van der Waals surface area contributed by atoms with Gasteiger partial charge in [0.1, 0.15) is 11.6 Å². The van der Waals surface area contributed by atoms with Gasteiger partial charge in [-0.2, -0.15) is 0 Å². The molecule has 0 saturated carbocycles. The van der Waals surface area contributed by atoms with Crippen LogP contribution in [0.1, 0.15) is 37.3 Å². The summed E-state index contributed by atoms with van der Waals surface area (Å²) in [6, 6.07) is 5.92. The first-order chi connectivity index (χ1) is 13.4. The molecule has 5 heteroatoms. The molecular formula is C23H19F5. The predicted octanol–water partition coefficient (Wildman–Crippen LogP) is 7.11. The van der Waals surface area contributed by atoms with Crippen molar-refractivity contribution in [2.45, 2.75) is 39.0 Å². The Morgan fingerprint density at radius 1 is 0.821 bits per heavy atom. The van der Waals surface area contributed by atoms with Crippen LogP contribution >= 0.6 is 0 Å². The standard InChI is InChI=1S/C23H19F5/c1-2-3-12-4-5-13-8-17-15(7-14(13)6-12)9-18(24)21(22(17)27)16-10-19(25)23(28)20(26)11-16/h7-12H,2-6H2,1H3. The maximum absolute atomic E-state index is 15.2. The van der Waals surface area contributed by atoms with Gasteiger partial charge in [-0.1, -0.05) is 25.8 Å². The normalized spacial score (nSPS) is 16.4. The molecule has 146 valence electrons. The Hall–Kier alpha value is -2.43. The molecule has 0 saturated heterocycles. The summed E-state index contributed by atoms with van der Waals surface area (Å²) in [5.41, 5.74) is 1.20. The summed E-state index contributed by atoms with van der Waals surface area (Å²) in [5, 5.41) is 0.618. The number of hydrogen-bond donors (Lipinski definition) is 0. The van der Waals surface area contributed by atoms with E-state index in [1.165, 1.54) is 6.07 Å². The van der Waals surface area contributed by atoms with Gasteiger partial charge in [-0.25, -0.2) is 22.0 Å². The first kappa shape index (κ1) is 18.9. The lowest BCUT2D eigenvalue weighted by atomic mass is 9.80. The van der Waals surface area contributed by atoms with E-state index in [0.29, 0.717) is 23.4 Å². The minimum Gasteiger partial charge on any atom is -0.206 e. The molecule has 0 radical (unpaired) electrons. The van der Waals surface area contributed by atoms with E-state index >= 15 is 4.39 Å². The highest BCUT2D eigenvalue weighted by molar-refractivity contribution is 5.90. The van der Waals surface area contributed by atoms with Crippen molar-refractivity contribution in [3.8, 4) is 11.1 Å². The van der Waals surface area contributed by atoms with E-state index in [1.807, 2.05) is 6.07 Å². The summed E-state index contributed by atoms with van der Waals surface area (Å²) in [4.78, 5) is 0. The number of hydrogen-bond acceptors (Lipinski definition) is 0. The zero-order chi connectivity index (χ0) is 20.0. The van der Waals surface area contributed by atoms with Gasteiger partial charge in [-0.15, -0.1) is 0 Å². The molecule has 0 aromatic heterocycles. The highest BCUT2D eigenvalue weighted by atomic mass is 19.2. The van der Waals surface area contributed by atoms with Crippen LogP contribution in [0.2, 0.25) is 0 Å². The van der Waals surface area contributed by atoms with Crippen LogP contribution in [0.3, 0.4) is 0 Å². The molecule has 1 unspecified atom stereocenters. The Morgan fingerprint density at radius 2 is 1.54 bits per heavy atom. The molecule has 1 aliphatic rings. The van der Waals surface area contributed by atoms with E-state index < -0.39 is 34.6 Å². The van der Waals surface area contributed by atoms with Crippen LogP contribution in [0.25, 0.3) is 21.9 Å². The van der Waals surface area contributed by atoms with Crippen LogP contribution in [0.4, 0.5) is 22.0 Å². The Bertz CT molecular complexity index is 1050. The van der Waals surface area contributed by atoms with Crippen molar-refractivity contribution in [1.29, 1.82) is 0 Å². The van der Waals surface area contributed by atoms with Crippen LogP contribution in [-0.4, -0.2) is 0 Å². The lowest BCUT2D eigenvalue weighted by Crippen LogP contribution is -2.14. The number of halogens is 5. The number of fused-ring (bicyclic) bond motifs is 2. The second kappa shape index (κ2) is 7.19. The lowest BCUT2D eigenvalue weighted by molar-refractivity contribution is 0.423. The van der Waals surface area contributed by atoms with E-state index in [9.17, 15) is 17.6 Å². The largest absolute Gasteiger partial charge is 0.206 e.